The second kappa shape index (κ2) is 10.4. The van der Waals surface area contributed by atoms with E-state index >= 15 is 0 Å². The number of likely N-dealkylation sites (tertiary alicyclic amines) is 1. The lowest BCUT2D eigenvalue weighted by Gasteiger charge is -2.32. The molecule has 3 aromatic carbocycles. The topological polar surface area (TPSA) is 23.6 Å². The smallest absolute Gasteiger partial charge is 0.254 e. The molecule has 1 heterocycles. The number of amides is 1. The number of carbonyl (C=O) groups is 1. The molecule has 1 aliphatic rings. The molecule has 0 N–H and O–H groups in total. The maximum atomic E-state index is 13.4. The number of aryl methyl sites for hydroxylation is 2. The average Bonchev–Trinajstić information content (AvgIpc) is 3.21. The molecule has 3 heteroatoms. The van der Waals surface area contributed by atoms with Crippen LogP contribution in [0.1, 0.15) is 52.4 Å². The molecule has 172 valence electrons. The van der Waals surface area contributed by atoms with Crippen molar-refractivity contribution in [3.05, 3.63) is 107 Å². The highest BCUT2D eigenvalue weighted by atomic mass is 16.2. The van der Waals surface area contributed by atoms with Crippen LogP contribution in [-0.4, -0.2) is 41.4 Å². The molecule has 0 unspecified atom stereocenters. The van der Waals surface area contributed by atoms with Gasteiger partial charge in [0, 0.05) is 43.7 Å². The summed E-state index contributed by atoms with van der Waals surface area (Å²) in [5.41, 5.74) is 6.08. The van der Waals surface area contributed by atoms with Crippen molar-refractivity contribution in [1.82, 2.24) is 9.80 Å². The number of hydrogen-bond donors (Lipinski definition) is 0. The minimum atomic E-state index is 0.130. The molecule has 4 rings (SSSR count). The molecule has 0 saturated carbocycles. The van der Waals surface area contributed by atoms with Crippen molar-refractivity contribution in [1.29, 1.82) is 0 Å². The van der Waals surface area contributed by atoms with Gasteiger partial charge in [-0.1, -0.05) is 77.9 Å². The molecule has 0 aromatic heterocycles. The van der Waals surface area contributed by atoms with Gasteiger partial charge in [0.2, 0.25) is 0 Å². The average molecular weight is 441 g/mol. The van der Waals surface area contributed by atoms with Gasteiger partial charge in [0.05, 0.1) is 0 Å². The highest BCUT2D eigenvalue weighted by Gasteiger charge is 2.36. The number of nitrogens with zero attached hydrogens (tertiary/aromatic N) is 2. The van der Waals surface area contributed by atoms with E-state index in [1.54, 1.807) is 0 Å². The van der Waals surface area contributed by atoms with Crippen LogP contribution in [0.3, 0.4) is 0 Å². The van der Waals surface area contributed by atoms with Gasteiger partial charge in [0.1, 0.15) is 0 Å². The van der Waals surface area contributed by atoms with Crippen LogP contribution in [0.15, 0.2) is 78.9 Å². The summed E-state index contributed by atoms with van der Waals surface area (Å²) in [6.07, 6.45) is 0. The Balaban J connectivity index is 1.57. The lowest BCUT2D eigenvalue weighted by molar-refractivity contribution is 0.0668. The van der Waals surface area contributed by atoms with E-state index < -0.39 is 0 Å². The maximum absolute atomic E-state index is 13.4. The van der Waals surface area contributed by atoms with E-state index in [0.29, 0.717) is 11.8 Å². The Kier molecular flexibility index (Phi) is 7.29. The molecule has 0 radical (unpaired) electrons. The zero-order valence-electron chi connectivity index (χ0n) is 20.4. The second-order valence-electron chi connectivity index (χ2n) is 9.87. The van der Waals surface area contributed by atoms with E-state index in [1.807, 2.05) is 30.3 Å². The van der Waals surface area contributed by atoms with Crippen LogP contribution < -0.4 is 0 Å². The van der Waals surface area contributed by atoms with Crippen molar-refractivity contribution >= 4 is 5.91 Å². The quantitative estimate of drug-likeness (QED) is 0.445. The van der Waals surface area contributed by atoms with Gasteiger partial charge in [-0.3, -0.25) is 9.69 Å². The fraction of sp³-hybridized carbons (Fsp3) is 0.367. The van der Waals surface area contributed by atoms with Crippen LogP contribution >= 0.6 is 0 Å². The van der Waals surface area contributed by atoms with Crippen LogP contribution in [0.4, 0.5) is 0 Å². The molecule has 3 aromatic rings. The molecule has 3 nitrogen and oxygen atoms in total. The van der Waals surface area contributed by atoms with E-state index in [1.165, 1.54) is 22.3 Å². The Bertz CT molecular complexity index is 1040. The molecular weight excluding hydrogens is 404 g/mol. The molecular formula is C30H36N2O. The van der Waals surface area contributed by atoms with Crippen molar-refractivity contribution in [2.45, 2.75) is 46.2 Å². The summed E-state index contributed by atoms with van der Waals surface area (Å²) < 4.78 is 0. The van der Waals surface area contributed by atoms with Gasteiger partial charge in [0.15, 0.2) is 0 Å². The lowest BCUT2D eigenvalue weighted by atomic mass is 9.88. The van der Waals surface area contributed by atoms with Gasteiger partial charge in [-0.2, -0.15) is 0 Å². The van der Waals surface area contributed by atoms with Gasteiger partial charge in [-0.05, 0) is 56.9 Å². The van der Waals surface area contributed by atoms with Crippen LogP contribution in [0.2, 0.25) is 0 Å². The monoisotopic (exact) mass is 440 g/mol. The minimum absolute atomic E-state index is 0.130. The third-order valence-corrected chi connectivity index (χ3v) is 6.89. The van der Waals surface area contributed by atoms with E-state index in [2.05, 4.69) is 86.0 Å². The summed E-state index contributed by atoms with van der Waals surface area (Å²) in [5.74, 6) is 0.944. The molecule has 33 heavy (non-hydrogen) atoms. The summed E-state index contributed by atoms with van der Waals surface area (Å²) in [5, 5.41) is 0. The summed E-state index contributed by atoms with van der Waals surface area (Å²) in [6.45, 7) is 12.3. The van der Waals surface area contributed by atoms with Crippen molar-refractivity contribution in [2.75, 3.05) is 19.6 Å². The zero-order valence-corrected chi connectivity index (χ0v) is 20.4. The molecule has 2 atom stereocenters. The van der Waals surface area contributed by atoms with E-state index in [9.17, 15) is 4.79 Å². The molecule has 0 bridgehead atoms. The molecule has 1 amide bonds. The molecule has 0 aliphatic carbocycles. The minimum Gasteiger partial charge on any atom is -0.336 e. The molecule has 1 fully saturated rings. The summed E-state index contributed by atoms with van der Waals surface area (Å²) >= 11 is 0. The Morgan fingerprint density at radius 3 is 2.09 bits per heavy atom. The van der Waals surface area contributed by atoms with Crippen LogP contribution in [-0.2, 0) is 6.54 Å². The molecule has 1 aliphatic heterocycles. The Hall–Kier alpha value is -2.91. The van der Waals surface area contributed by atoms with Crippen molar-refractivity contribution in [2.24, 2.45) is 5.92 Å². The van der Waals surface area contributed by atoms with Gasteiger partial charge in [-0.25, -0.2) is 0 Å². The maximum Gasteiger partial charge on any atom is 0.254 e. The highest BCUT2D eigenvalue weighted by molar-refractivity contribution is 5.94. The highest BCUT2D eigenvalue weighted by Crippen LogP contribution is 2.35. The summed E-state index contributed by atoms with van der Waals surface area (Å²) in [6, 6.07) is 27.7. The third kappa shape index (κ3) is 5.72. The zero-order chi connectivity index (χ0) is 23.4. The van der Waals surface area contributed by atoms with E-state index in [-0.39, 0.29) is 11.9 Å². The predicted octanol–water partition coefficient (Wildman–Crippen LogP) is 6.07. The first kappa shape index (κ1) is 23.3. The fourth-order valence-electron chi connectivity index (χ4n) is 4.95. The van der Waals surface area contributed by atoms with Crippen LogP contribution in [0, 0.1) is 19.8 Å². The van der Waals surface area contributed by atoms with Gasteiger partial charge in [-0.15, -0.1) is 0 Å². The van der Waals surface area contributed by atoms with Gasteiger partial charge >= 0.3 is 0 Å². The van der Waals surface area contributed by atoms with Crippen LogP contribution in [0.5, 0.6) is 0 Å². The number of hydrogen-bond acceptors (Lipinski definition) is 2. The Morgan fingerprint density at radius 2 is 1.48 bits per heavy atom. The van der Waals surface area contributed by atoms with E-state index in [0.717, 1.165) is 31.7 Å². The van der Waals surface area contributed by atoms with Gasteiger partial charge < -0.3 is 4.90 Å². The van der Waals surface area contributed by atoms with Crippen molar-refractivity contribution < 1.29 is 4.79 Å². The van der Waals surface area contributed by atoms with Crippen LogP contribution in [0.25, 0.3) is 0 Å². The molecule has 1 saturated heterocycles. The predicted molar refractivity (Wildman–Crippen MR) is 136 cm³/mol. The Labute approximate surface area is 199 Å². The first-order chi connectivity index (χ1) is 15.9. The summed E-state index contributed by atoms with van der Waals surface area (Å²) in [4.78, 5) is 18.0. The SMILES string of the molecule is Cc1ccc(CN2C[C@@H](CN(C(=O)c3ccccc3)C(C)C)[C@@H](c3ccc(C)cc3)C2)cc1. The first-order valence-corrected chi connectivity index (χ1v) is 12.1. The normalized spacial score (nSPS) is 18.6. The lowest BCUT2D eigenvalue weighted by Crippen LogP contribution is -2.42. The van der Waals surface area contributed by atoms with Crippen molar-refractivity contribution in [3.63, 3.8) is 0 Å². The second-order valence-corrected chi connectivity index (χ2v) is 9.87. The summed E-state index contributed by atoms with van der Waals surface area (Å²) in [7, 11) is 0. The Morgan fingerprint density at radius 1 is 0.879 bits per heavy atom. The van der Waals surface area contributed by atoms with Gasteiger partial charge in [0.25, 0.3) is 5.91 Å². The number of benzene rings is 3. The standard InChI is InChI=1S/C30H36N2O/c1-22(2)32(30(33)27-8-6-5-7-9-27)20-28-19-31(18-25-14-10-23(3)11-15-25)21-29(28)26-16-12-24(4)13-17-26/h5-17,22,28-29H,18-21H2,1-4H3/t28-,29+/m0/s1. The third-order valence-electron chi connectivity index (χ3n) is 6.89. The van der Waals surface area contributed by atoms with E-state index in [4.69, 9.17) is 0 Å². The fourth-order valence-corrected chi connectivity index (χ4v) is 4.95. The largest absolute Gasteiger partial charge is 0.336 e. The molecule has 0 spiro atoms. The first-order valence-electron chi connectivity index (χ1n) is 12.1. The number of rotatable bonds is 7. The van der Waals surface area contributed by atoms with Crippen molar-refractivity contribution in [3.8, 4) is 0 Å². The number of carbonyl (C=O) groups excluding carboxylic acids is 1.